The molecule has 29 heavy (non-hydrogen) atoms. The van der Waals surface area contributed by atoms with Crippen molar-refractivity contribution in [3.8, 4) is 0 Å². The molecule has 0 spiro atoms. The van der Waals surface area contributed by atoms with E-state index in [-0.39, 0.29) is 11.3 Å². The highest BCUT2D eigenvalue weighted by Gasteiger charge is 2.59. The number of carbonyl (C=O) groups excluding carboxylic acids is 1. The van der Waals surface area contributed by atoms with E-state index in [0.717, 1.165) is 57.9 Å². The maximum Gasteiger partial charge on any atom is 0.150 e. The van der Waals surface area contributed by atoms with Crippen molar-refractivity contribution in [3.63, 3.8) is 0 Å². The minimum absolute atomic E-state index is 0.110. The van der Waals surface area contributed by atoms with Gasteiger partial charge in [-0.15, -0.1) is 0 Å². The van der Waals surface area contributed by atoms with Crippen LogP contribution in [0.15, 0.2) is 0 Å². The molecule has 3 nitrogen and oxygen atoms in total. The van der Waals surface area contributed by atoms with Gasteiger partial charge in [0.25, 0.3) is 0 Å². The van der Waals surface area contributed by atoms with Crippen LogP contribution in [-0.4, -0.2) is 49.7 Å². The minimum Gasteiger partial charge on any atom is -0.379 e. The van der Waals surface area contributed by atoms with E-state index >= 15 is 4.39 Å². The molecule has 0 aromatic carbocycles. The predicted molar refractivity (Wildman–Crippen MR) is 112 cm³/mol. The third-order valence-corrected chi connectivity index (χ3v) is 10.1. The van der Waals surface area contributed by atoms with Crippen molar-refractivity contribution >= 4 is 5.78 Å². The van der Waals surface area contributed by atoms with E-state index in [0.29, 0.717) is 41.9 Å². The monoisotopic (exact) mass is 405 g/mol. The fourth-order valence-corrected chi connectivity index (χ4v) is 8.64. The summed E-state index contributed by atoms with van der Waals surface area (Å²) in [5, 5.41) is 0. The van der Waals surface area contributed by atoms with Crippen LogP contribution in [0.3, 0.4) is 0 Å². The van der Waals surface area contributed by atoms with Gasteiger partial charge in [0.05, 0.1) is 19.8 Å². The fraction of sp³-hybridized carbons (Fsp3) is 0.960. The Morgan fingerprint density at radius 3 is 2.55 bits per heavy atom. The molecule has 5 rings (SSSR count). The molecule has 164 valence electrons. The number of fused-ring (bicyclic) bond motifs is 5. The van der Waals surface area contributed by atoms with Gasteiger partial charge in [-0.1, -0.05) is 20.3 Å². The Hall–Kier alpha value is -0.480. The van der Waals surface area contributed by atoms with E-state index in [1.165, 1.54) is 25.7 Å². The molecule has 1 heterocycles. The number of hydrogen-bond acceptors (Lipinski definition) is 3. The smallest absolute Gasteiger partial charge is 0.150 e. The zero-order chi connectivity index (χ0) is 20.2. The van der Waals surface area contributed by atoms with Crippen LogP contribution in [0.2, 0.25) is 0 Å². The van der Waals surface area contributed by atoms with Crippen LogP contribution in [-0.2, 0) is 9.53 Å². The van der Waals surface area contributed by atoms with Crippen LogP contribution in [0.4, 0.5) is 4.39 Å². The van der Waals surface area contributed by atoms with Gasteiger partial charge in [0.15, 0.2) is 0 Å². The first-order chi connectivity index (χ1) is 14.0. The molecule has 0 bridgehead atoms. The highest BCUT2D eigenvalue weighted by atomic mass is 19.1. The first-order valence-corrected chi connectivity index (χ1v) is 12.4. The summed E-state index contributed by atoms with van der Waals surface area (Å²) in [6.45, 7) is 8.57. The molecule has 5 fully saturated rings. The van der Waals surface area contributed by atoms with E-state index in [1.54, 1.807) is 0 Å². The Morgan fingerprint density at radius 1 is 1.00 bits per heavy atom. The minimum atomic E-state index is -0.602. The number of nitrogens with zero attached hydrogens (tertiary/aromatic N) is 1. The fourth-order valence-electron chi connectivity index (χ4n) is 8.64. The van der Waals surface area contributed by atoms with Gasteiger partial charge in [0, 0.05) is 19.0 Å². The summed E-state index contributed by atoms with van der Waals surface area (Å²) in [6, 6.07) is 0. The second-order valence-electron chi connectivity index (χ2n) is 11.5. The molecule has 4 saturated carbocycles. The zero-order valence-electron chi connectivity index (χ0n) is 18.5. The van der Waals surface area contributed by atoms with Crippen molar-refractivity contribution in [1.82, 2.24) is 4.90 Å². The summed E-state index contributed by atoms with van der Waals surface area (Å²) in [5.41, 5.74) is 0.110. The van der Waals surface area contributed by atoms with Crippen molar-refractivity contribution in [2.45, 2.75) is 71.4 Å². The van der Waals surface area contributed by atoms with Gasteiger partial charge in [-0.2, -0.15) is 0 Å². The number of hydrogen-bond donors (Lipinski definition) is 0. The summed E-state index contributed by atoms with van der Waals surface area (Å²) in [7, 11) is 0. The molecule has 0 aromatic rings. The molecule has 1 saturated heterocycles. The van der Waals surface area contributed by atoms with Gasteiger partial charge < -0.3 is 4.74 Å². The normalized spacial score (nSPS) is 50.4. The third-order valence-electron chi connectivity index (χ3n) is 10.1. The Kier molecular flexibility index (Phi) is 5.56. The van der Waals surface area contributed by atoms with Gasteiger partial charge in [-0.3, -0.25) is 9.69 Å². The summed E-state index contributed by atoms with van der Waals surface area (Å²) in [4.78, 5) is 15.6. The van der Waals surface area contributed by atoms with Gasteiger partial charge in [0.1, 0.15) is 12.0 Å². The number of morpholine rings is 1. The SMILES string of the molecule is CC1CCC2C(C1)C(F)CC1C2CCC2(C)C(C(=O)CN3CCOCC3)CCC12. The van der Waals surface area contributed by atoms with Crippen molar-refractivity contribution in [2.75, 3.05) is 32.8 Å². The van der Waals surface area contributed by atoms with Crippen molar-refractivity contribution in [3.05, 3.63) is 0 Å². The molecule has 5 aliphatic rings. The highest BCUT2D eigenvalue weighted by molar-refractivity contribution is 5.84. The average Bonchev–Trinajstić information content (AvgIpc) is 3.07. The molecule has 0 aromatic heterocycles. The molecule has 4 heteroatoms. The zero-order valence-corrected chi connectivity index (χ0v) is 18.5. The first kappa shape index (κ1) is 20.4. The van der Waals surface area contributed by atoms with Gasteiger partial charge in [-0.05, 0) is 85.9 Å². The standard InChI is InChI=1S/C25H40FNO2/c1-16-3-4-17-18-7-8-25(2)21(19(18)14-23(26)20(17)13-16)5-6-22(25)24(28)15-27-9-11-29-12-10-27/h16-23H,3-15H2,1-2H3. The topological polar surface area (TPSA) is 29.5 Å². The Bertz CT molecular complexity index is 620. The van der Waals surface area contributed by atoms with E-state index < -0.39 is 6.17 Å². The number of carbonyl (C=O) groups is 1. The molecule has 0 radical (unpaired) electrons. The lowest BCUT2D eigenvalue weighted by Crippen LogP contribution is -2.53. The number of Topliss-reactive ketones (excluding diaryl/α,β-unsaturated/α-hetero) is 1. The Balaban J connectivity index is 1.30. The van der Waals surface area contributed by atoms with Crippen LogP contribution >= 0.6 is 0 Å². The first-order valence-electron chi connectivity index (χ1n) is 12.4. The third kappa shape index (κ3) is 3.50. The Morgan fingerprint density at radius 2 is 1.76 bits per heavy atom. The van der Waals surface area contributed by atoms with Gasteiger partial charge in [-0.25, -0.2) is 4.39 Å². The maximum atomic E-state index is 15.3. The summed E-state index contributed by atoms with van der Waals surface area (Å²) in [6.07, 6.45) is 8.44. The Labute approximate surface area is 176 Å². The number of halogens is 1. The molecular weight excluding hydrogens is 365 g/mol. The number of alkyl halides is 1. The molecule has 1 aliphatic heterocycles. The summed E-state index contributed by atoms with van der Waals surface area (Å²) < 4.78 is 20.8. The van der Waals surface area contributed by atoms with Crippen molar-refractivity contribution in [2.24, 2.45) is 46.8 Å². The molecule has 9 unspecified atom stereocenters. The lowest BCUT2D eigenvalue weighted by Gasteiger charge is -2.57. The average molecular weight is 406 g/mol. The largest absolute Gasteiger partial charge is 0.379 e. The molecule has 0 amide bonds. The van der Waals surface area contributed by atoms with Crippen LogP contribution in [0.25, 0.3) is 0 Å². The summed E-state index contributed by atoms with van der Waals surface area (Å²) >= 11 is 0. The molecule has 0 N–H and O–H groups in total. The van der Waals surface area contributed by atoms with Gasteiger partial charge in [0.2, 0.25) is 0 Å². The van der Waals surface area contributed by atoms with Crippen molar-refractivity contribution in [1.29, 1.82) is 0 Å². The quantitative estimate of drug-likeness (QED) is 0.679. The number of ketones is 1. The number of rotatable bonds is 3. The van der Waals surface area contributed by atoms with Crippen LogP contribution < -0.4 is 0 Å². The molecular formula is C25H40FNO2. The van der Waals surface area contributed by atoms with Crippen molar-refractivity contribution < 1.29 is 13.9 Å². The van der Waals surface area contributed by atoms with Crippen LogP contribution in [0, 0.1) is 46.8 Å². The predicted octanol–water partition coefficient (Wildman–Crippen LogP) is 4.74. The van der Waals surface area contributed by atoms with E-state index in [9.17, 15) is 4.79 Å². The maximum absolute atomic E-state index is 15.3. The number of ether oxygens (including phenoxy) is 1. The second-order valence-corrected chi connectivity index (χ2v) is 11.5. The van der Waals surface area contributed by atoms with Gasteiger partial charge >= 0.3 is 0 Å². The highest BCUT2D eigenvalue weighted by Crippen LogP contribution is 2.64. The van der Waals surface area contributed by atoms with Crippen LogP contribution in [0.1, 0.15) is 65.2 Å². The molecule has 4 aliphatic carbocycles. The summed E-state index contributed by atoms with van der Waals surface area (Å²) in [5.74, 6) is 4.11. The lowest BCUT2D eigenvalue weighted by atomic mass is 9.49. The second kappa shape index (κ2) is 7.89. The molecule has 9 atom stereocenters. The lowest BCUT2D eigenvalue weighted by molar-refractivity contribution is -0.134. The van der Waals surface area contributed by atoms with E-state index in [1.807, 2.05) is 0 Å². The van der Waals surface area contributed by atoms with Crippen LogP contribution in [0.5, 0.6) is 0 Å². The van der Waals surface area contributed by atoms with E-state index in [4.69, 9.17) is 4.74 Å². The van der Waals surface area contributed by atoms with E-state index in [2.05, 4.69) is 18.7 Å².